The van der Waals surface area contributed by atoms with Gasteiger partial charge in [-0.1, -0.05) is 267 Å². The Kier molecular flexibility index (Phi) is 15.3. The van der Waals surface area contributed by atoms with Gasteiger partial charge in [-0.2, -0.15) is 5.26 Å². The highest BCUT2D eigenvalue weighted by Crippen LogP contribution is 2.44. The van der Waals surface area contributed by atoms with Gasteiger partial charge >= 0.3 is 0 Å². The van der Waals surface area contributed by atoms with Crippen molar-refractivity contribution < 1.29 is 8.83 Å². The van der Waals surface area contributed by atoms with Crippen LogP contribution in [0.25, 0.3) is 201 Å². The van der Waals surface area contributed by atoms with Crippen LogP contribution in [0.5, 0.6) is 0 Å². The van der Waals surface area contributed by atoms with Crippen LogP contribution in [0.4, 0.5) is 0 Å². The zero-order valence-corrected chi connectivity index (χ0v) is 57.9. The Bertz CT molecular complexity index is 6990. The molecule has 21 rings (SSSR count). The lowest BCUT2D eigenvalue weighted by atomic mass is 9.99. The largest absolute Gasteiger partial charge is 0.455 e. The first-order valence-corrected chi connectivity index (χ1v) is 35.9. The van der Waals surface area contributed by atoms with Gasteiger partial charge in [0, 0.05) is 105 Å². The van der Waals surface area contributed by atoms with Crippen LogP contribution in [0.2, 0.25) is 0 Å². The van der Waals surface area contributed by atoms with E-state index in [2.05, 4.69) is 209 Å². The number of nitriles is 1. The van der Waals surface area contributed by atoms with Crippen molar-refractivity contribution in [2.24, 2.45) is 0 Å². The molecule has 0 bridgehead atoms. The monoisotopic (exact) mass is 1380 g/mol. The molecule has 0 atom stereocenters. The second-order valence-electron chi connectivity index (χ2n) is 26.8. The molecule has 0 saturated carbocycles. The van der Waals surface area contributed by atoms with Crippen LogP contribution in [0, 0.1) is 11.3 Å². The minimum absolute atomic E-state index is 0.601. The zero-order chi connectivity index (χ0) is 71.6. The van der Waals surface area contributed by atoms with Gasteiger partial charge in [-0.15, -0.1) is 0 Å². The molecule has 11 nitrogen and oxygen atoms in total. The highest BCUT2D eigenvalue weighted by Gasteiger charge is 2.23. The smallest absolute Gasteiger partial charge is 0.164 e. The second-order valence-corrected chi connectivity index (χ2v) is 26.8. The fraction of sp³-hybridized carbons (Fsp3) is 0. The molecular formula is C97H59N9O2. The SMILES string of the molecule is N#Cc1ccc2c(c1)c1cc(-c3cccc4c3oc3ccccc34)ccc1n2-c1ccc(-c2nc(-c3ccccc3)nc(-c3ccccc3)n2)cc1.c1ccc(-c2nc(-c3ccccc3)nc(-c3cccc(-n4c5ccccc5c5cc(-c6cccc7c6oc6c(-c8ccccc8)cccc67)ccc54)c3)n2)cc1. The lowest BCUT2D eigenvalue weighted by Gasteiger charge is -2.12. The minimum Gasteiger partial charge on any atom is -0.455 e. The van der Waals surface area contributed by atoms with Crippen molar-refractivity contribution in [2.75, 3.05) is 0 Å². The summed E-state index contributed by atoms with van der Waals surface area (Å²) in [6.07, 6.45) is 0. The number of benzene rings is 15. The van der Waals surface area contributed by atoms with Crippen molar-refractivity contribution in [3.63, 3.8) is 0 Å². The molecule has 0 amide bonds. The summed E-state index contributed by atoms with van der Waals surface area (Å²) in [5.74, 6) is 3.75. The van der Waals surface area contributed by atoms with Crippen LogP contribution >= 0.6 is 0 Å². The molecule has 15 aromatic carbocycles. The van der Waals surface area contributed by atoms with Crippen LogP contribution in [0.3, 0.4) is 0 Å². The first-order chi connectivity index (χ1) is 53.5. The van der Waals surface area contributed by atoms with E-state index in [1.807, 2.05) is 164 Å². The molecule has 0 saturated heterocycles. The molecule has 0 fully saturated rings. The van der Waals surface area contributed by atoms with Gasteiger partial charge in [-0.3, -0.25) is 0 Å². The van der Waals surface area contributed by atoms with E-state index in [0.717, 1.165) is 155 Å². The van der Waals surface area contributed by atoms with E-state index in [0.29, 0.717) is 40.5 Å². The number of hydrogen-bond donors (Lipinski definition) is 0. The van der Waals surface area contributed by atoms with Crippen molar-refractivity contribution in [3.05, 3.63) is 363 Å². The third-order valence-corrected chi connectivity index (χ3v) is 20.3. The molecule has 11 heteroatoms. The molecule has 0 N–H and O–H groups in total. The average molecular weight is 1380 g/mol. The van der Waals surface area contributed by atoms with Gasteiger partial charge in [0.15, 0.2) is 34.9 Å². The molecule has 504 valence electrons. The standard InChI is InChI=1S/C51H32N4O.C46H27N5O/c1-4-15-33(16-5-1)39-24-13-26-42-43-27-14-25-40(48(43)56-47(39)42)36-29-30-46-44(32-36)41-23-10-11-28-45(41)55(46)38-22-12-21-37(31-38)51-53-49(34-17-6-2-7-18-34)52-50(54-51)35-19-8-3-9-20-35;47-28-29-18-24-40-38(26-29)39-27-33(35-15-9-16-37-36-14-7-8-17-42(36)52-43(35)37)21-25-41(39)51(40)34-22-19-32(20-23-34)46-49-44(30-10-3-1-4-11-30)48-45(50-46)31-12-5-2-6-13-31/h1-32H;1-27H. The number of hydrogen-bond acceptors (Lipinski definition) is 9. The van der Waals surface area contributed by atoms with Crippen molar-refractivity contribution in [3.8, 4) is 119 Å². The number of nitrogens with zero attached hydrogens (tertiary/aromatic N) is 9. The molecule has 0 spiro atoms. The molecule has 0 aliphatic carbocycles. The van der Waals surface area contributed by atoms with Crippen LogP contribution < -0.4 is 0 Å². The number of para-hydroxylation sites is 5. The summed E-state index contributed by atoms with van der Waals surface area (Å²) < 4.78 is 17.8. The van der Waals surface area contributed by atoms with E-state index >= 15 is 0 Å². The molecule has 0 aliphatic heterocycles. The summed E-state index contributed by atoms with van der Waals surface area (Å²) in [5.41, 5.74) is 22.5. The highest BCUT2D eigenvalue weighted by atomic mass is 16.3. The molecular weight excluding hydrogens is 1320 g/mol. The Morgan fingerprint density at radius 1 is 0.222 bits per heavy atom. The number of rotatable bonds is 11. The van der Waals surface area contributed by atoms with E-state index in [1.54, 1.807) is 0 Å². The molecule has 0 radical (unpaired) electrons. The molecule has 0 aliphatic rings. The first kappa shape index (κ1) is 62.8. The fourth-order valence-corrected chi connectivity index (χ4v) is 15.2. The van der Waals surface area contributed by atoms with Gasteiger partial charge in [0.25, 0.3) is 0 Å². The third kappa shape index (κ3) is 11.1. The van der Waals surface area contributed by atoms with Crippen LogP contribution in [0.15, 0.2) is 367 Å². The van der Waals surface area contributed by atoms with Crippen LogP contribution in [0.1, 0.15) is 5.56 Å². The number of fused-ring (bicyclic) bond motifs is 12. The van der Waals surface area contributed by atoms with E-state index in [4.69, 9.17) is 38.7 Å². The molecule has 6 aromatic heterocycles. The lowest BCUT2D eigenvalue weighted by molar-refractivity contribution is 0.670. The fourth-order valence-electron chi connectivity index (χ4n) is 15.2. The quantitative estimate of drug-likeness (QED) is 0.124. The first-order valence-electron chi connectivity index (χ1n) is 35.9. The zero-order valence-electron chi connectivity index (χ0n) is 57.9. The number of aromatic nitrogens is 8. The second kappa shape index (κ2) is 26.4. The summed E-state index contributed by atoms with van der Waals surface area (Å²) in [6, 6.07) is 125. The third-order valence-electron chi connectivity index (χ3n) is 20.3. The van der Waals surface area contributed by atoms with Gasteiger partial charge in [-0.05, 0) is 108 Å². The van der Waals surface area contributed by atoms with E-state index in [1.165, 1.54) is 10.8 Å². The Morgan fingerprint density at radius 3 is 1.07 bits per heavy atom. The minimum atomic E-state index is 0.601. The lowest BCUT2D eigenvalue weighted by Crippen LogP contribution is -2.01. The Balaban J connectivity index is 0.000000143. The molecule has 108 heavy (non-hydrogen) atoms. The summed E-state index contributed by atoms with van der Waals surface area (Å²) in [5, 5.41) is 18.7. The van der Waals surface area contributed by atoms with E-state index in [-0.39, 0.29) is 0 Å². The Labute approximate surface area is 619 Å². The van der Waals surface area contributed by atoms with Gasteiger partial charge in [0.2, 0.25) is 0 Å². The van der Waals surface area contributed by atoms with E-state index < -0.39 is 0 Å². The topological polar surface area (TPSA) is 137 Å². The highest BCUT2D eigenvalue weighted by molar-refractivity contribution is 6.16. The number of furan rings is 2. The van der Waals surface area contributed by atoms with Crippen LogP contribution in [-0.4, -0.2) is 39.0 Å². The van der Waals surface area contributed by atoms with Crippen molar-refractivity contribution in [2.45, 2.75) is 0 Å². The summed E-state index contributed by atoms with van der Waals surface area (Å²) >= 11 is 0. The predicted octanol–water partition coefficient (Wildman–Crippen LogP) is 24.6. The molecule has 0 unspecified atom stereocenters. The molecule has 6 heterocycles. The summed E-state index contributed by atoms with van der Waals surface area (Å²) in [7, 11) is 0. The Morgan fingerprint density at radius 2 is 0.565 bits per heavy atom. The predicted molar refractivity (Wildman–Crippen MR) is 437 cm³/mol. The van der Waals surface area contributed by atoms with Crippen molar-refractivity contribution >= 4 is 87.5 Å². The summed E-state index contributed by atoms with van der Waals surface area (Å²) in [6.45, 7) is 0. The maximum atomic E-state index is 9.85. The Hall–Kier alpha value is -15.0. The van der Waals surface area contributed by atoms with Crippen molar-refractivity contribution in [1.29, 1.82) is 5.26 Å². The van der Waals surface area contributed by atoms with E-state index in [9.17, 15) is 5.26 Å². The maximum Gasteiger partial charge on any atom is 0.164 e. The average Bonchev–Trinajstić information content (AvgIpc) is 1.59. The maximum absolute atomic E-state index is 9.85. The van der Waals surface area contributed by atoms with Crippen LogP contribution in [-0.2, 0) is 0 Å². The van der Waals surface area contributed by atoms with Gasteiger partial charge < -0.3 is 18.0 Å². The van der Waals surface area contributed by atoms with Gasteiger partial charge in [-0.25, -0.2) is 29.9 Å². The van der Waals surface area contributed by atoms with Gasteiger partial charge in [0.05, 0.1) is 33.7 Å². The van der Waals surface area contributed by atoms with Crippen molar-refractivity contribution in [1.82, 2.24) is 39.0 Å². The normalized spacial score (nSPS) is 11.5. The summed E-state index contributed by atoms with van der Waals surface area (Å²) in [4.78, 5) is 29.6. The van der Waals surface area contributed by atoms with Gasteiger partial charge in [0.1, 0.15) is 22.3 Å². The molecule has 21 aromatic rings.